The Morgan fingerprint density at radius 2 is 2.39 bits per heavy atom. The molecule has 0 amide bonds. The lowest BCUT2D eigenvalue weighted by molar-refractivity contribution is -0.139. The summed E-state index contributed by atoms with van der Waals surface area (Å²) in [5, 5.41) is 3.29. The van der Waals surface area contributed by atoms with Crippen LogP contribution in [0.3, 0.4) is 0 Å². The number of nitrogens with one attached hydrogen (secondary N) is 1. The van der Waals surface area contributed by atoms with E-state index in [-0.39, 0.29) is 9.89 Å². The Kier molecular flexibility index (Phi) is 4.82. The first-order valence-electron chi connectivity index (χ1n) is 5.86. The fourth-order valence-electron chi connectivity index (χ4n) is 1.99. The Balaban J connectivity index is 1.81. The minimum atomic E-state index is -0.189. The summed E-state index contributed by atoms with van der Waals surface area (Å²) in [5.41, 5.74) is 1.24. The number of hydrogen-bond donors (Lipinski definition) is 1. The highest BCUT2D eigenvalue weighted by Crippen LogP contribution is 2.32. The first-order chi connectivity index (χ1) is 8.72. The van der Waals surface area contributed by atoms with Crippen molar-refractivity contribution in [2.24, 2.45) is 0 Å². The third kappa shape index (κ3) is 3.14. The number of carbonyl (C=O) groups excluding carboxylic acids is 1. The van der Waals surface area contributed by atoms with E-state index in [0.717, 1.165) is 12.3 Å². The van der Waals surface area contributed by atoms with Gasteiger partial charge in [-0.05, 0) is 6.07 Å². The molecule has 1 aliphatic rings. The van der Waals surface area contributed by atoms with Crippen LogP contribution in [0.1, 0.15) is 11.5 Å². The average molecular weight is 361 g/mol. The topological polar surface area (TPSA) is 47.6 Å². The van der Waals surface area contributed by atoms with Crippen molar-refractivity contribution in [1.29, 1.82) is 0 Å². The van der Waals surface area contributed by atoms with E-state index in [4.69, 9.17) is 4.74 Å². The molecule has 0 saturated heterocycles. The van der Waals surface area contributed by atoms with Crippen LogP contribution in [0.15, 0.2) is 24.3 Å². The Hall–Kier alpha value is -0.820. The lowest BCUT2D eigenvalue weighted by atomic mass is 10.0. The molecule has 0 aromatic heterocycles. The van der Waals surface area contributed by atoms with Gasteiger partial charge in [0.25, 0.3) is 0 Å². The van der Waals surface area contributed by atoms with Crippen LogP contribution in [0.4, 0.5) is 0 Å². The van der Waals surface area contributed by atoms with Crippen LogP contribution in [-0.2, 0) is 9.53 Å². The molecular weight excluding hydrogens is 345 g/mol. The average Bonchev–Trinajstić information content (AvgIpc) is 2.81. The molecular formula is C13H16INO3. The number of fused-ring (bicyclic) bond motifs is 1. The SMILES string of the molecule is COC(=O)C(I)CNCC1COc2ccccc21. The van der Waals surface area contributed by atoms with Gasteiger partial charge in [0.2, 0.25) is 0 Å². The summed E-state index contributed by atoms with van der Waals surface area (Å²) in [7, 11) is 1.41. The number of hydrogen-bond acceptors (Lipinski definition) is 4. The molecule has 4 nitrogen and oxygen atoms in total. The highest BCUT2D eigenvalue weighted by molar-refractivity contribution is 14.1. The molecule has 5 heteroatoms. The van der Waals surface area contributed by atoms with E-state index >= 15 is 0 Å². The van der Waals surface area contributed by atoms with Gasteiger partial charge in [0.15, 0.2) is 0 Å². The zero-order valence-electron chi connectivity index (χ0n) is 10.2. The summed E-state index contributed by atoms with van der Waals surface area (Å²) in [4.78, 5) is 11.2. The van der Waals surface area contributed by atoms with Crippen molar-refractivity contribution in [3.05, 3.63) is 29.8 Å². The van der Waals surface area contributed by atoms with Crippen molar-refractivity contribution < 1.29 is 14.3 Å². The highest BCUT2D eigenvalue weighted by atomic mass is 127. The second-order valence-corrected chi connectivity index (χ2v) is 5.70. The van der Waals surface area contributed by atoms with Gasteiger partial charge >= 0.3 is 5.97 Å². The van der Waals surface area contributed by atoms with Crippen LogP contribution < -0.4 is 10.1 Å². The predicted octanol–water partition coefficient (Wildman–Crippen LogP) is 1.73. The second-order valence-electron chi connectivity index (χ2n) is 4.19. The van der Waals surface area contributed by atoms with E-state index < -0.39 is 0 Å². The molecule has 2 atom stereocenters. The number of halogens is 1. The predicted molar refractivity (Wildman–Crippen MR) is 77.4 cm³/mol. The monoisotopic (exact) mass is 361 g/mol. The molecule has 2 rings (SSSR count). The summed E-state index contributed by atoms with van der Waals surface area (Å²) in [6.45, 7) is 2.13. The van der Waals surface area contributed by atoms with Crippen LogP contribution in [0, 0.1) is 0 Å². The van der Waals surface area contributed by atoms with E-state index in [1.165, 1.54) is 12.7 Å². The lowest BCUT2D eigenvalue weighted by Crippen LogP contribution is -2.32. The van der Waals surface area contributed by atoms with Gasteiger partial charge in [0, 0.05) is 24.6 Å². The zero-order valence-corrected chi connectivity index (χ0v) is 12.3. The molecule has 1 heterocycles. The highest BCUT2D eigenvalue weighted by Gasteiger charge is 2.23. The fraction of sp³-hybridized carbons (Fsp3) is 0.462. The summed E-state index contributed by atoms with van der Waals surface area (Å²) >= 11 is 2.09. The van der Waals surface area contributed by atoms with Crippen LogP contribution in [-0.4, -0.2) is 36.7 Å². The molecule has 0 fully saturated rings. The van der Waals surface area contributed by atoms with Crippen LogP contribution >= 0.6 is 22.6 Å². The molecule has 98 valence electrons. The Bertz CT molecular complexity index is 424. The smallest absolute Gasteiger partial charge is 0.319 e. The molecule has 0 saturated carbocycles. The van der Waals surface area contributed by atoms with Crippen LogP contribution in [0.2, 0.25) is 0 Å². The van der Waals surface area contributed by atoms with E-state index in [9.17, 15) is 4.79 Å². The minimum Gasteiger partial charge on any atom is -0.493 e. The van der Waals surface area contributed by atoms with Crippen molar-refractivity contribution in [2.45, 2.75) is 9.84 Å². The second kappa shape index (κ2) is 6.38. The Morgan fingerprint density at radius 1 is 1.61 bits per heavy atom. The summed E-state index contributed by atoms with van der Waals surface area (Å²) in [6, 6.07) is 8.09. The molecule has 2 unspecified atom stereocenters. The van der Waals surface area contributed by atoms with Gasteiger partial charge in [-0.15, -0.1) is 0 Å². The zero-order chi connectivity index (χ0) is 13.0. The standard InChI is InChI=1S/C13H16INO3/c1-17-13(16)11(14)7-15-6-9-8-18-12-5-3-2-4-10(9)12/h2-5,9,11,15H,6-8H2,1H3. The van der Waals surface area contributed by atoms with Crippen LogP contribution in [0.25, 0.3) is 0 Å². The molecule has 0 radical (unpaired) electrons. The molecule has 18 heavy (non-hydrogen) atoms. The largest absolute Gasteiger partial charge is 0.493 e. The summed E-state index contributed by atoms with van der Waals surface area (Å²) < 4.78 is 10.1. The number of esters is 1. The summed E-state index contributed by atoms with van der Waals surface area (Å²) in [5.74, 6) is 1.15. The van der Waals surface area contributed by atoms with Crippen LogP contribution in [0.5, 0.6) is 5.75 Å². The number of carbonyl (C=O) groups is 1. The fourth-order valence-corrected chi connectivity index (χ4v) is 2.56. The molecule has 1 N–H and O–H groups in total. The van der Waals surface area contributed by atoms with Gasteiger partial charge in [-0.25, -0.2) is 0 Å². The first kappa shape index (κ1) is 13.6. The van der Waals surface area contributed by atoms with Gasteiger partial charge in [0.1, 0.15) is 9.67 Å². The molecule has 0 spiro atoms. The van der Waals surface area contributed by atoms with E-state index in [1.54, 1.807) is 0 Å². The van der Waals surface area contributed by atoms with Gasteiger partial charge in [0.05, 0.1) is 13.7 Å². The van der Waals surface area contributed by atoms with E-state index in [0.29, 0.717) is 19.1 Å². The van der Waals surface area contributed by atoms with Gasteiger partial charge in [-0.1, -0.05) is 40.8 Å². The maximum absolute atomic E-state index is 11.2. The molecule has 1 aromatic carbocycles. The third-order valence-corrected chi connectivity index (χ3v) is 3.92. The Morgan fingerprint density at radius 3 is 3.17 bits per heavy atom. The number of ether oxygens (including phenoxy) is 2. The van der Waals surface area contributed by atoms with Crippen molar-refractivity contribution in [3.8, 4) is 5.75 Å². The third-order valence-electron chi connectivity index (χ3n) is 2.97. The summed E-state index contributed by atoms with van der Waals surface area (Å²) in [6.07, 6.45) is 0. The minimum absolute atomic E-state index is 0.148. The number of benzene rings is 1. The lowest BCUT2D eigenvalue weighted by Gasteiger charge is -2.12. The van der Waals surface area contributed by atoms with Crippen molar-refractivity contribution >= 4 is 28.6 Å². The Labute approximate surface area is 120 Å². The van der Waals surface area contributed by atoms with E-state index in [1.807, 2.05) is 18.2 Å². The maximum atomic E-state index is 11.2. The van der Waals surface area contributed by atoms with Crippen molar-refractivity contribution in [2.75, 3.05) is 26.8 Å². The molecule has 1 aliphatic heterocycles. The van der Waals surface area contributed by atoms with Crippen molar-refractivity contribution in [3.63, 3.8) is 0 Å². The van der Waals surface area contributed by atoms with Gasteiger partial charge in [-0.2, -0.15) is 0 Å². The van der Waals surface area contributed by atoms with E-state index in [2.05, 4.69) is 38.7 Å². The van der Waals surface area contributed by atoms with Gasteiger partial charge < -0.3 is 14.8 Å². The number of para-hydroxylation sites is 1. The number of methoxy groups -OCH3 is 1. The maximum Gasteiger partial charge on any atom is 0.319 e. The number of rotatable bonds is 5. The number of alkyl halides is 1. The van der Waals surface area contributed by atoms with Crippen molar-refractivity contribution in [1.82, 2.24) is 5.32 Å². The first-order valence-corrected chi connectivity index (χ1v) is 7.11. The molecule has 1 aromatic rings. The quantitative estimate of drug-likeness (QED) is 0.493. The van der Waals surface area contributed by atoms with Gasteiger partial charge in [-0.3, -0.25) is 4.79 Å². The molecule has 0 bridgehead atoms. The normalized spacial score (nSPS) is 18.9. The molecule has 0 aliphatic carbocycles.